The Bertz CT molecular complexity index is 651. The fourth-order valence-electron chi connectivity index (χ4n) is 2.32. The molecule has 0 saturated carbocycles. The molecular formula is C19H24FN3. The van der Waals surface area contributed by atoms with Gasteiger partial charge in [-0.25, -0.2) is 4.39 Å². The van der Waals surface area contributed by atoms with Gasteiger partial charge >= 0.3 is 0 Å². The van der Waals surface area contributed by atoms with Crippen LogP contribution >= 0.6 is 0 Å². The lowest BCUT2D eigenvalue weighted by Crippen LogP contribution is -2.35. The number of nitrogens with zero attached hydrogens (tertiary/aromatic N) is 1. The molecule has 0 saturated heterocycles. The predicted octanol–water partition coefficient (Wildman–Crippen LogP) is 3.25. The molecule has 0 unspecified atom stereocenters. The number of benzene rings is 2. The van der Waals surface area contributed by atoms with Crippen molar-refractivity contribution in [3.63, 3.8) is 0 Å². The number of rotatable bonds is 6. The van der Waals surface area contributed by atoms with E-state index in [1.807, 2.05) is 38.1 Å². The van der Waals surface area contributed by atoms with Crippen molar-refractivity contribution in [1.82, 2.24) is 5.32 Å². The van der Waals surface area contributed by atoms with Gasteiger partial charge in [0.15, 0.2) is 5.96 Å². The zero-order chi connectivity index (χ0) is 16.7. The summed E-state index contributed by atoms with van der Waals surface area (Å²) in [5, 5.41) is 3.12. The largest absolute Gasteiger partial charge is 0.370 e. The van der Waals surface area contributed by atoms with Crippen LogP contribution in [0.25, 0.3) is 0 Å². The molecule has 3 N–H and O–H groups in total. The lowest BCUT2D eigenvalue weighted by molar-refractivity contribution is 0.530. The van der Waals surface area contributed by atoms with E-state index in [1.54, 1.807) is 12.1 Å². The van der Waals surface area contributed by atoms with Gasteiger partial charge in [-0.1, -0.05) is 56.3 Å². The van der Waals surface area contributed by atoms with Gasteiger partial charge in [0.05, 0.1) is 6.54 Å². The van der Waals surface area contributed by atoms with E-state index in [4.69, 9.17) is 5.73 Å². The molecule has 0 bridgehead atoms. The Morgan fingerprint density at radius 1 is 1.13 bits per heavy atom. The fourth-order valence-corrected chi connectivity index (χ4v) is 2.32. The molecule has 2 aromatic carbocycles. The van der Waals surface area contributed by atoms with E-state index in [0.29, 0.717) is 12.5 Å². The topological polar surface area (TPSA) is 50.4 Å². The minimum absolute atomic E-state index is 0.228. The van der Waals surface area contributed by atoms with Gasteiger partial charge < -0.3 is 11.1 Å². The highest BCUT2D eigenvalue weighted by atomic mass is 19.1. The lowest BCUT2D eigenvalue weighted by Gasteiger charge is -2.23. The Morgan fingerprint density at radius 3 is 2.57 bits per heavy atom. The summed E-state index contributed by atoms with van der Waals surface area (Å²) >= 11 is 0. The molecule has 2 aromatic rings. The number of hydrogen-bond acceptors (Lipinski definition) is 1. The minimum Gasteiger partial charge on any atom is -0.370 e. The first-order valence-electron chi connectivity index (χ1n) is 7.81. The normalized spacial score (nSPS) is 12.2. The monoisotopic (exact) mass is 313 g/mol. The third-order valence-electron chi connectivity index (χ3n) is 3.81. The van der Waals surface area contributed by atoms with Crippen molar-refractivity contribution in [2.24, 2.45) is 10.7 Å². The van der Waals surface area contributed by atoms with Crippen LogP contribution in [0.3, 0.4) is 0 Å². The van der Waals surface area contributed by atoms with Crippen molar-refractivity contribution in [2.75, 3.05) is 13.1 Å². The summed E-state index contributed by atoms with van der Waals surface area (Å²) in [6.45, 7) is 5.30. The molecule has 0 aliphatic heterocycles. The van der Waals surface area contributed by atoms with E-state index < -0.39 is 0 Å². The summed E-state index contributed by atoms with van der Waals surface area (Å²) in [6, 6.07) is 16.8. The molecule has 0 radical (unpaired) electrons. The SMILES string of the molecule is CC(C)(CN=C(N)NCCc1ccccc1)c1cccc(F)c1. The van der Waals surface area contributed by atoms with Crippen LogP contribution in [0.2, 0.25) is 0 Å². The summed E-state index contributed by atoms with van der Waals surface area (Å²) in [6.07, 6.45) is 0.893. The molecule has 2 rings (SSSR count). The highest BCUT2D eigenvalue weighted by Gasteiger charge is 2.20. The van der Waals surface area contributed by atoms with Gasteiger partial charge in [0, 0.05) is 12.0 Å². The van der Waals surface area contributed by atoms with Crippen LogP contribution in [0.1, 0.15) is 25.0 Å². The number of halogens is 1. The molecule has 0 heterocycles. The molecule has 0 aliphatic carbocycles. The van der Waals surface area contributed by atoms with E-state index in [0.717, 1.165) is 18.5 Å². The number of nitrogens with one attached hydrogen (secondary N) is 1. The molecule has 0 aliphatic rings. The molecule has 0 atom stereocenters. The number of aliphatic imine (C=N–C) groups is 1. The second-order valence-electron chi connectivity index (χ2n) is 6.26. The zero-order valence-corrected chi connectivity index (χ0v) is 13.7. The van der Waals surface area contributed by atoms with Gasteiger partial charge in [0.25, 0.3) is 0 Å². The Hall–Kier alpha value is -2.36. The third-order valence-corrected chi connectivity index (χ3v) is 3.81. The molecule has 0 amide bonds. The molecule has 0 spiro atoms. The van der Waals surface area contributed by atoms with E-state index in [-0.39, 0.29) is 11.2 Å². The fraction of sp³-hybridized carbons (Fsp3) is 0.316. The van der Waals surface area contributed by atoms with Gasteiger partial charge in [0.2, 0.25) is 0 Å². The van der Waals surface area contributed by atoms with Crippen molar-refractivity contribution < 1.29 is 4.39 Å². The Morgan fingerprint density at radius 2 is 1.87 bits per heavy atom. The van der Waals surface area contributed by atoms with E-state index >= 15 is 0 Å². The molecule has 4 heteroatoms. The van der Waals surface area contributed by atoms with Crippen molar-refractivity contribution in [3.8, 4) is 0 Å². The Kier molecular flexibility index (Phi) is 5.74. The van der Waals surface area contributed by atoms with Crippen LogP contribution in [0.15, 0.2) is 59.6 Å². The van der Waals surface area contributed by atoms with Crippen molar-refractivity contribution in [1.29, 1.82) is 0 Å². The van der Waals surface area contributed by atoms with Crippen LogP contribution < -0.4 is 11.1 Å². The van der Waals surface area contributed by atoms with E-state index in [1.165, 1.54) is 11.6 Å². The number of hydrogen-bond donors (Lipinski definition) is 2. The van der Waals surface area contributed by atoms with Crippen LogP contribution in [-0.4, -0.2) is 19.0 Å². The van der Waals surface area contributed by atoms with Crippen molar-refractivity contribution >= 4 is 5.96 Å². The Labute approximate surface area is 137 Å². The van der Waals surface area contributed by atoms with E-state index in [9.17, 15) is 4.39 Å². The van der Waals surface area contributed by atoms with Crippen molar-refractivity contribution in [3.05, 3.63) is 71.5 Å². The van der Waals surface area contributed by atoms with Crippen LogP contribution in [0, 0.1) is 5.82 Å². The summed E-state index contributed by atoms with van der Waals surface area (Å²) in [5.41, 5.74) is 7.82. The highest BCUT2D eigenvalue weighted by Crippen LogP contribution is 2.23. The first kappa shape index (κ1) is 17.0. The molecule has 23 heavy (non-hydrogen) atoms. The number of guanidine groups is 1. The predicted molar refractivity (Wildman–Crippen MR) is 94.1 cm³/mol. The standard InChI is InChI=1S/C19H24FN3/c1-19(2,16-9-6-10-17(20)13-16)14-23-18(21)22-12-11-15-7-4-3-5-8-15/h3-10,13H,11-12,14H2,1-2H3,(H3,21,22,23). The minimum atomic E-state index is -0.270. The van der Waals surface area contributed by atoms with Crippen LogP contribution in [0.4, 0.5) is 4.39 Å². The highest BCUT2D eigenvalue weighted by molar-refractivity contribution is 5.77. The second kappa shape index (κ2) is 7.77. The maximum absolute atomic E-state index is 13.4. The molecule has 122 valence electrons. The molecular weight excluding hydrogens is 289 g/mol. The van der Waals surface area contributed by atoms with Gasteiger partial charge in [-0.3, -0.25) is 4.99 Å². The van der Waals surface area contributed by atoms with E-state index in [2.05, 4.69) is 22.4 Å². The number of nitrogens with two attached hydrogens (primary N) is 1. The van der Waals surface area contributed by atoms with Gasteiger partial charge in [0.1, 0.15) is 5.82 Å². The average molecular weight is 313 g/mol. The van der Waals surface area contributed by atoms with Gasteiger partial charge in [-0.05, 0) is 29.7 Å². The van der Waals surface area contributed by atoms with Crippen LogP contribution in [-0.2, 0) is 11.8 Å². The third kappa shape index (κ3) is 5.40. The summed E-state index contributed by atoms with van der Waals surface area (Å²) in [5.74, 6) is 0.193. The molecule has 3 nitrogen and oxygen atoms in total. The smallest absolute Gasteiger partial charge is 0.188 e. The average Bonchev–Trinajstić information content (AvgIpc) is 2.54. The molecule has 0 fully saturated rings. The first-order valence-corrected chi connectivity index (χ1v) is 7.81. The first-order chi connectivity index (χ1) is 11.0. The lowest BCUT2D eigenvalue weighted by atomic mass is 9.85. The van der Waals surface area contributed by atoms with Crippen LogP contribution in [0.5, 0.6) is 0 Å². The zero-order valence-electron chi connectivity index (χ0n) is 13.7. The summed E-state index contributed by atoms with van der Waals surface area (Å²) in [4.78, 5) is 4.39. The summed E-state index contributed by atoms with van der Waals surface area (Å²) < 4.78 is 13.4. The quantitative estimate of drug-likeness (QED) is 0.635. The van der Waals surface area contributed by atoms with Gasteiger partial charge in [-0.15, -0.1) is 0 Å². The maximum atomic E-state index is 13.4. The maximum Gasteiger partial charge on any atom is 0.188 e. The second-order valence-corrected chi connectivity index (χ2v) is 6.26. The van der Waals surface area contributed by atoms with Crippen molar-refractivity contribution in [2.45, 2.75) is 25.7 Å². The molecule has 0 aromatic heterocycles. The van der Waals surface area contributed by atoms with Gasteiger partial charge in [-0.2, -0.15) is 0 Å². The Balaban J connectivity index is 1.86. The summed E-state index contributed by atoms with van der Waals surface area (Å²) in [7, 11) is 0.